The van der Waals surface area contributed by atoms with Crippen LogP contribution in [0, 0.1) is 13.8 Å². The number of hydrogen-bond acceptors (Lipinski definition) is 2. The Bertz CT molecular complexity index is 1080. The minimum atomic E-state index is -0.377. The van der Waals surface area contributed by atoms with Gasteiger partial charge in [-0.25, -0.2) is 4.68 Å². The molecule has 27 heavy (non-hydrogen) atoms. The standard InChI is InChI=1S/C21H20ClN3O2/c1-14-9-10-16(13-18(14)22)11-12-19(26)23-20-15(2)24(3)25(21(20)27)17-7-5-4-6-8-17/h4-13H,1-3H3,(H,23,26)/b12-11+. The lowest BCUT2D eigenvalue weighted by atomic mass is 10.1. The summed E-state index contributed by atoms with van der Waals surface area (Å²) in [6.45, 7) is 3.71. The van der Waals surface area contributed by atoms with E-state index in [9.17, 15) is 9.59 Å². The maximum Gasteiger partial charge on any atom is 0.295 e. The topological polar surface area (TPSA) is 56.0 Å². The molecule has 5 nitrogen and oxygen atoms in total. The molecule has 0 atom stereocenters. The molecule has 0 spiro atoms. The van der Waals surface area contributed by atoms with Gasteiger partial charge in [-0.05, 0) is 49.2 Å². The van der Waals surface area contributed by atoms with Gasteiger partial charge in [-0.2, -0.15) is 0 Å². The average Bonchev–Trinajstić information content (AvgIpc) is 2.87. The molecule has 0 aliphatic rings. The first-order valence-electron chi connectivity index (χ1n) is 8.47. The van der Waals surface area contributed by atoms with Crippen molar-refractivity contribution in [2.24, 2.45) is 7.05 Å². The minimum absolute atomic E-state index is 0.262. The van der Waals surface area contributed by atoms with Crippen LogP contribution in [0.25, 0.3) is 11.8 Å². The maximum atomic E-state index is 12.8. The second kappa shape index (κ2) is 7.68. The van der Waals surface area contributed by atoms with Gasteiger partial charge in [0.2, 0.25) is 5.91 Å². The molecule has 6 heteroatoms. The number of nitrogens with zero attached hydrogens (tertiary/aromatic N) is 2. The fraction of sp³-hybridized carbons (Fsp3) is 0.143. The van der Waals surface area contributed by atoms with Gasteiger partial charge in [-0.3, -0.25) is 14.3 Å². The van der Waals surface area contributed by atoms with Crippen molar-refractivity contribution in [2.75, 3.05) is 5.32 Å². The molecular weight excluding hydrogens is 362 g/mol. The second-order valence-electron chi connectivity index (χ2n) is 6.27. The molecule has 3 rings (SSSR count). The zero-order valence-electron chi connectivity index (χ0n) is 15.4. The van der Waals surface area contributed by atoms with E-state index in [-0.39, 0.29) is 17.2 Å². The van der Waals surface area contributed by atoms with Gasteiger partial charge >= 0.3 is 0 Å². The minimum Gasteiger partial charge on any atom is -0.316 e. The van der Waals surface area contributed by atoms with Gasteiger partial charge in [0, 0.05) is 18.1 Å². The first-order chi connectivity index (χ1) is 12.9. The quantitative estimate of drug-likeness (QED) is 0.692. The Hall–Kier alpha value is -3.05. The highest BCUT2D eigenvalue weighted by molar-refractivity contribution is 6.31. The Morgan fingerprint density at radius 3 is 2.48 bits per heavy atom. The molecule has 1 N–H and O–H groups in total. The maximum absolute atomic E-state index is 12.8. The van der Waals surface area contributed by atoms with Gasteiger partial charge in [0.1, 0.15) is 5.69 Å². The van der Waals surface area contributed by atoms with Crippen LogP contribution in [0.1, 0.15) is 16.8 Å². The predicted molar refractivity (Wildman–Crippen MR) is 110 cm³/mol. The summed E-state index contributed by atoms with van der Waals surface area (Å²) in [4.78, 5) is 25.1. The van der Waals surface area contributed by atoms with Crippen LogP contribution in [-0.4, -0.2) is 15.3 Å². The van der Waals surface area contributed by atoms with E-state index in [0.717, 1.165) is 16.8 Å². The third kappa shape index (κ3) is 3.88. The van der Waals surface area contributed by atoms with Crippen molar-refractivity contribution < 1.29 is 4.79 Å². The highest BCUT2D eigenvalue weighted by Crippen LogP contribution is 2.18. The third-order valence-corrected chi connectivity index (χ3v) is 4.83. The molecule has 0 saturated heterocycles. The third-order valence-electron chi connectivity index (χ3n) is 4.43. The summed E-state index contributed by atoms with van der Waals surface area (Å²) in [6, 6.07) is 14.8. The first-order valence-corrected chi connectivity index (χ1v) is 8.85. The van der Waals surface area contributed by atoms with E-state index in [1.165, 1.54) is 10.8 Å². The highest BCUT2D eigenvalue weighted by Gasteiger charge is 2.17. The average molecular weight is 382 g/mol. The van der Waals surface area contributed by atoms with E-state index in [4.69, 9.17) is 11.6 Å². The molecule has 0 radical (unpaired) electrons. The summed E-state index contributed by atoms with van der Waals surface area (Å²) in [5.41, 5.74) is 3.17. The lowest BCUT2D eigenvalue weighted by Gasteiger charge is -2.07. The van der Waals surface area contributed by atoms with Crippen LogP contribution in [0.5, 0.6) is 0 Å². The number of amides is 1. The number of hydrogen-bond donors (Lipinski definition) is 1. The molecule has 0 fully saturated rings. The van der Waals surface area contributed by atoms with Crippen molar-refractivity contribution in [1.82, 2.24) is 9.36 Å². The van der Waals surface area contributed by atoms with E-state index in [2.05, 4.69) is 5.32 Å². The first kappa shape index (κ1) is 18.7. The molecule has 1 aromatic heterocycles. The summed E-state index contributed by atoms with van der Waals surface area (Å²) < 4.78 is 3.24. The van der Waals surface area contributed by atoms with Gasteiger partial charge in [0.25, 0.3) is 5.56 Å². The SMILES string of the molecule is Cc1ccc(/C=C/C(=O)Nc2c(C)n(C)n(-c3ccccc3)c2=O)cc1Cl. The highest BCUT2D eigenvalue weighted by atomic mass is 35.5. The fourth-order valence-corrected chi connectivity index (χ4v) is 2.95. The van der Waals surface area contributed by atoms with E-state index in [1.807, 2.05) is 49.4 Å². The van der Waals surface area contributed by atoms with Gasteiger partial charge < -0.3 is 5.32 Å². The summed E-state index contributed by atoms with van der Waals surface area (Å²) in [7, 11) is 1.78. The van der Waals surface area contributed by atoms with Crippen molar-refractivity contribution in [1.29, 1.82) is 0 Å². The number of halogens is 1. The summed E-state index contributed by atoms with van der Waals surface area (Å²) in [5, 5.41) is 3.33. The number of carbonyl (C=O) groups excluding carboxylic acids is 1. The Morgan fingerprint density at radius 1 is 1.11 bits per heavy atom. The lowest BCUT2D eigenvalue weighted by Crippen LogP contribution is -2.22. The van der Waals surface area contributed by atoms with Crippen LogP contribution in [0.3, 0.4) is 0 Å². The van der Waals surface area contributed by atoms with Crippen LogP contribution < -0.4 is 10.9 Å². The molecule has 0 unspecified atom stereocenters. The normalized spacial score (nSPS) is 11.1. The van der Waals surface area contributed by atoms with Crippen molar-refractivity contribution in [2.45, 2.75) is 13.8 Å². The molecule has 3 aromatic rings. The molecule has 0 bridgehead atoms. The van der Waals surface area contributed by atoms with Crippen molar-refractivity contribution >= 4 is 29.3 Å². The molecule has 2 aromatic carbocycles. The number of para-hydroxylation sites is 1. The predicted octanol–water partition coefficient (Wildman–Crippen LogP) is 4.10. The van der Waals surface area contributed by atoms with Gasteiger partial charge in [-0.15, -0.1) is 0 Å². The fourth-order valence-electron chi connectivity index (χ4n) is 2.76. The number of aromatic nitrogens is 2. The van der Waals surface area contributed by atoms with Crippen LogP contribution in [-0.2, 0) is 11.8 Å². The molecule has 138 valence electrons. The lowest BCUT2D eigenvalue weighted by molar-refractivity contribution is -0.111. The Kier molecular flexibility index (Phi) is 5.33. The summed E-state index contributed by atoms with van der Waals surface area (Å²) >= 11 is 6.10. The van der Waals surface area contributed by atoms with Crippen LogP contribution >= 0.6 is 11.6 Å². The molecule has 0 aliphatic carbocycles. The number of nitrogens with one attached hydrogen (secondary N) is 1. The monoisotopic (exact) mass is 381 g/mol. The van der Waals surface area contributed by atoms with Crippen molar-refractivity contribution in [3.8, 4) is 5.69 Å². The van der Waals surface area contributed by atoms with E-state index < -0.39 is 0 Å². The van der Waals surface area contributed by atoms with Gasteiger partial charge in [-0.1, -0.05) is 41.9 Å². The zero-order chi connectivity index (χ0) is 19.6. The van der Waals surface area contributed by atoms with Crippen molar-refractivity contribution in [3.05, 3.63) is 86.8 Å². The van der Waals surface area contributed by atoms with Gasteiger partial charge in [0.05, 0.1) is 11.4 Å². The molecule has 1 heterocycles. The number of benzene rings is 2. The van der Waals surface area contributed by atoms with E-state index >= 15 is 0 Å². The molecular formula is C21H20ClN3O2. The Labute approximate surface area is 162 Å². The van der Waals surface area contributed by atoms with Crippen LogP contribution in [0.15, 0.2) is 59.4 Å². The number of rotatable bonds is 4. The smallest absolute Gasteiger partial charge is 0.295 e. The van der Waals surface area contributed by atoms with Gasteiger partial charge in [0.15, 0.2) is 0 Å². The summed E-state index contributed by atoms with van der Waals surface area (Å²) in [5.74, 6) is -0.377. The van der Waals surface area contributed by atoms with Crippen LogP contribution in [0.4, 0.5) is 5.69 Å². The second-order valence-corrected chi connectivity index (χ2v) is 6.67. The Balaban J connectivity index is 1.85. The number of aryl methyl sites for hydroxylation is 1. The van der Waals surface area contributed by atoms with Crippen LogP contribution in [0.2, 0.25) is 5.02 Å². The molecule has 0 saturated carbocycles. The largest absolute Gasteiger partial charge is 0.316 e. The molecule has 0 aliphatic heterocycles. The molecule has 1 amide bonds. The number of carbonyl (C=O) groups is 1. The Morgan fingerprint density at radius 2 is 1.81 bits per heavy atom. The number of anilines is 1. The summed E-state index contributed by atoms with van der Waals surface area (Å²) in [6.07, 6.45) is 3.05. The van der Waals surface area contributed by atoms with E-state index in [0.29, 0.717) is 10.7 Å². The zero-order valence-corrected chi connectivity index (χ0v) is 16.1. The van der Waals surface area contributed by atoms with Crippen molar-refractivity contribution in [3.63, 3.8) is 0 Å². The van der Waals surface area contributed by atoms with E-state index in [1.54, 1.807) is 30.8 Å².